The van der Waals surface area contributed by atoms with E-state index in [2.05, 4.69) is 15.3 Å². The Bertz CT molecular complexity index is 1200. The molecule has 2 heterocycles. The molecule has 8 heteroatoms. The van der Waals surface area contributed by atoms with Crippen LogP contribution in [0.1, 0.15) is 21.5 Å². The molecule has 0 saturated carbocycles. The van der Waals surface area contributed by atoms with Gasteiger partial charge in [-0.25, -0.2) is 4.98 Å². The van der Waals surface area contributed by atoms with E-state index in [4.69, 9.17) is 0 Å². The van der Waals surface area contributed by atoms with E-state index in [0.29, 0.717) is 22.6 Å². The van der Waals surface area contributed by atoms with Gasteiger partial charge in [0, 0.05) is 23.5 Å². The SMILES string of the molecule is Cc1cccc(C(=O)Nc2nc3ncccn3c2-c2ccc(C(F)(F)F)cc2)c1. The molecule has 2 aromatic heterocycles. The van der Waals surface area contributed by atoms with Crippen LogP contribution in [0.3, 0.4) is 0 Å². The van der Waals surface area contributed by atoms with Crippen LogP contribution in [0.2, 0.25) is 0 Å². The van der Waals surface area contributed by atoms with Gasteiger partial charge in [-0.15, -0.1) is 0 Å². The highest BCUT2D eigenvalue weighted by Crippen LogP contribution is 2.33. The van der Waals surface area contributed by atoms with Crippen molar-refractivity contribution in [1.29, 1.82) is 0 Å². The molecule has 5 nitrogen and oxygen atoms in total. The molecule has 0 aliphatic carbocycles. The number of carbonyl (C=O) groups is 1. The quantitative estimate of drug-likeness (QED) is 0.532. The average Bonchev–Trinajstić information content (AvgIpc) is 3.05. The second-order valence-electron chi connectivity index (χ2n) is 6.50. The van der Waals surface area contributed by atoms with E-state index in [1.807, 2.05) is 13.0 Å². The molecule has 29 heavy (non-hydrogen) atoms. The first-order valence-corrected chi connectivity index (χ1v) is 8.71. The minimum absolute atomic E-state index is 0.218. The summed E-state index contributed by atoms with van der Waals surface area (Å²) in [6, 6.07) is 13.4. The van der Waals surface area contributed by atoms with Crippen LogP contribution in [-0.4, -0.2) is 20.3 Å². The molecule has 1 N–H and O–H groups in total. The summed E-state index contributed by atoms with van der Waals surface area (Å²) in [4.78, 5) is 21.2. The van der Waals surface area contributed by atoms with Crippen LogP contribution in [0.5, 0.6) is 0 Å². The zero-order chi connectivity index (χ0) is 20.6. The number of hydrogen-bond donors (Lipinski definition) is 1. The second-order valence-corrected chi connectivity index (χ2v) is 6.50. The van der Waals surface area contributed by atoms with Crippen molar-refractivity contribution in [3.63, 3.8) is 0 Å². The predicted octanol–water partition coefficient (Wildman–Crippen LogP) is 4.98. The number of amides is 1. The zero-order valence-electron chi connectivity index (χ0n) is 15.2. The molecule has 0 aliphatic heterocycles. The Hall–Kier alpha value is -3.68. The van der Waals surface area contributed by atoms with Crippen molar-refractivity contribution in [3.05, 3.63) is 83.7 Å². The summed E-state index contributed by atoms with van der Waals surface area (Å²) in [5.41, 5.74) is 1.55. The van der Waals surface area contributed by atoms with E-state index in [-0.39, 0.29) is 11.7 Å². The highest BCUT2D eigenvalue weighted by atomic mass is 19.4. The maximum Gasteiger partial charge on any atom is 0.416 e. The van der Waals surface area contributed by atoms with Crippen molar-refractivity contribution in [2.75, 3.05) is 5.32 Å². The van der Waals surface area contributed by atoms with Gasteiger partial charge >= 0.3 is 6.18 Å². The van der Waals surface area contributed by atoms with Crippen LogP contribution in [0, 0.1) is 6.92 Å². The van der Waals surface area contributed by atoms with E-state index in [9.17, 15) is 18.0 Å². The van der Waals surface area contributed by atoms with Gasteiger partial charge in [0.1, 0.15) is 0 Å². The number of carbonyl (C=O) groups excluding carboxylic acids is 1. The molecular formula is C21H15F3N4O. The van der Waals surface area contributed by atoms with Crippen molar-refractivity contribution in [3.8, 4) is 11.3 Å². The Kier molecular flexibility index (Phi) is 4.54. The van der Waals surface area contributed by atoms with E-state index < -0.39 is 11.7 Å². The Morgan fingerprint density at radius 3 is 2.52 bits per heavy atom. The number of anilines is 1. The van der Waals surface area contributed by atoms with Gasteiger partial charge in [-0.2, -0.15) is 18.2 Å². The van der Waals surface area contributed by atoms with Gasteiger partial charge in [0.2, 0.25) is 5.78 Å². The number of hydrogen-bond acceptors (Lipinski definition) is 3. The summed E-state index contributed by atoms with van der Waals surface area (Å²) in [5.74, 6) is 0.169. The maximum atomic E-state index is 12.9. The van der Waals surface area contributed by atoms with Gasteiger partial charge in [0.05, 0.1) is 11.3 Å². The number of halogens is 3. The first kappa shape index (κ1) is 18.7. The Morgan fingerprint density at radius 1 is 1.07 bits per heavy atom. The van der Waals surface area contributed by atoms with Gasteiger partial charge in [-0.05, 0) is 37.3 Å². The van der Waals surface area contributed by atoms with E-state index in [1.165, 1.54) is 12.1 Å². The molecule has 4 aromatic rings. The molecule has 4 rings (SSSR count). The summed E-state index contributed by atoms with van der Waals surface area (Å²) in [6.45, 7) is 1.87. The highest BCUT2D eigenvalue weighted by molar-refractivity contribution is 6.05. The first-order chi connectivity index (χ1) is 13.8. The number of imidazole rings is 1. The monoisotopic (exact) mass is 396 g/mol. The van der Waals surface area contributed by atoms with Gasteiger partial charge in [-0.1, -0.05) is 29.8 Å². The second kappa shape index (κ2) is 7.05. The smallest absolute Gasteiger partial charge is 0.305 e. The number of alkyl halides is 3. The van der Waals surface area contributed by atoms with Crippen LogP contribution in [0.4, 0.5) is 19.0 Å². The Balaban J connectivity index is 1.78. The van der Waals surface area contributed by atoms with Gasteiger partial charge in [0.15, 0.2) is 5.82 Å². The minimum Gasteiger partial charge on any atom is -0.305 e. The van der Waals surface area contributed by atoms with Crippen LogP contribution in [0.15, 0.2) is 67.0 Å². The van der Waals surface area contributed by atoms with Gasteiger partial charge < -0.3 is 5.32 Å². The number of nitrogens with zero attached hydrogens (tertiary/aromatic N) is 3. The molecule has 0 unspecified atom stereocenters. The largest absolute Gasteiger partial charge is 0.416 e. The number of fused-ring (bicyclic) bond motifs is 1. The summed E-state index contributed by atoms with van der Waals surface area (Å²) >= 11 is 0. The standard InChI is InChI=1S/C21H15F3N4O/c1-13-4-2-5-15(12-13)19(29)26-18-17(28-11-3-10-25-20(28)27-18)14-6-8-16(9-7-14)21(22,23)24/h2-12H,1H3,(H,26,29). The van der Waals surface area contributed by atoms with Crippen molar-refractivity contribution >= 4 is 17.5 Å². The molecule has 0 saturated heterocycles. The molecule has 0 aliphatic rings. The fourth-order valence-corrected chi connectivity index (χ4v) is 3.03. The van der Waals surface area contributed by atoms with E-state index in [1.54, 1.807) is 41.1 Å². The molecule has 0 spiro atoms. The lowest BCUT2D eigenvalue weighted by Crippen LogP contribution is -2.13. The summed E-state index contributed by atoms with van der Waals surface area (Å²) in [6.07, 6.45) is -1.20. The number of nitrogens with one attached hydrogen (secondary N) is 1. The third kappa shape index (κ3) is 3.69. The predicted molar refractivity (Wildman–Crippen MR) is 103 cm³/mol. The number of aryl methyl sites for hydroxylation is 1. The van der Waals surface area contributed by atoms with Crippen LogP contribution in [0.25, 0.3) is 17.0 Å². The Labute approximate surface area is 163 Å². The normalized spacial score (nSPS) is 11.6. The number of rotatable bonds is 3. The highest BCUT2D eigenvalue weighted by Gasteiger charge is 2.30. The number of benzene rings is 2. The minimum atomic E-state index is -4.43. The average molecular weight is 396 g/mol. The fourth-order valence-electron chi connectivity index (χ4n) is 3.03. The van der Waals surface area contributed by atoms with Crippen molar-refractivity contribution in [1.82, 2.24) is 14.4 Å². The summed E-state index contributed by atoms with van der Waals surface area (Å²) in [7, 11) is 0. The number of aromatic nitrogens is 3. The third-order valence-electron chi connectivity index (χ3n) is 4.40. The van der Waals surface area contributed by atoms with E-state index >= 15 is 0 Å². The maximum absolute atomic E-state index is 12.9. The Morgan fingerprint density at radius 2 is 1.83 bits per heavy atom. The lowest BCUT2D eigenvalue weighted by atomic mass is 10.1. The van der Waals surface area contributed by atoms with Gasteiger partial charge in [-0.3, -0.25) is 9.20 Å². The molecular weight excluding hydrogens is 381 g/mol. The van der Waals surface area contributed by atoms with E-state index in [0.717, 1.165) is 17.7 Å². The molecule has 2 aromatic carbocycles. The third-order valence-corrected chi connectivity index (χ3v) is 4.40. The molecule has 0 atom stereocenters. The summed E-state index contributed by atoms with van der Waals surface area (Å²) in [5, 5.41) is 2.75. The van der Waals surface area contributed by atoms with Crippen LogP contribution in [-0.2, 0) is 6.18 Å². The van der Waals surface area contributed by atoms with Crippen molar-refractivity contribution in [2.45, 2.75) is 13.1 Å². The lowest BCUT2D eigenvalue weighted by molar-refractivity contribution is -0.137. The van der Waals surface area contributed by atoms with Crippen LogP contribution < -0.4 is 5.32 Å². The topological polar surface area (TPSA) is 59.3 Å². The molecule has 0 bridgehead atoms. The fraction of sp³-hybridized carbons (Fsp3) is 0.0952. The molecule has 0 fully saturated rings. The van der Waals surface area contributed by atoms with Crippen molar-refractivity contribution in [2.24, 2.45) is 0 Å². The van der Waals surface area contributed by atoms with Crippen molar-refractivity contribution < 1.29 is 18.0 Å². The van der Waals surface area contributed by atoms with Gasteiger partial charge in [0.25, 0.3) is 5.91 Å². The zero-order valence-corrected chi connectivity index (χ0v) is 15.2. The molecule has 0 radical (unpaired) electrons. The first-order valence-electron chi connectivity index (χ1n) is 8.71. The summed E-state index contributed by atoms with van der Waals surface area (Å²) < 4.78 is 40.3. The molecule has 146 valence electrons. The lowest BCUT2D eigenvalue weighted by Gasteiger charge is -2.10. The molecule has 1 amide bonds. The van der Waals surface area contributed by atoms with Crippen LogP contribution >= 0.6 is 0 Å².